The van der Waals surface area contributed by atoms with Crippen molar-refractivity contribution >= 4 is 15.8 Å². The Morgan fingerprint density at radius 1 is 1.32 bits per heavy atom. The molecule has 1 saturated heterocycles. The molecule has 130 valence electrons. The summed E-state index contributed by atoms with van der Waals surface area (Å²) in [6.07, 6.45) is 0. The predicted octanol–water partition coefficient (Wildman–Crippen LogP) is 0.849. The van der Waals surface area contributed by atoms with E-state index < -0.39 is 14.6 Å². The molecule has 6 nitrogen and oxygen atoms in total. The lowest BCUT2D eigenvalue weighted by Crippen LogP contribution is -2.57. The van der Waals surface area contributed by atoms with E-state index in [1.54, 1.807) is 13.8 Å². The molecule has 1 aliphatic heterocycles. The third kappa shape index (κ3) is 5.43. The summed E-state index contributed by atoms with van der Waals surface area (Å²) >= 11 is 0. The molecule has 0 saturated carbocycles. The maximum absolute atomic E-state index is 12.1. The van der Waals surface area contributed by atoms with Crippen LogP contribution in [0.2, 0.25) is 0 Å². The first-order chi connectivity index (χ1) is 9.98. The van der Waals surface area contributed by atoms with Crippen LogP contribution in [0.3, 0.4) is 0 Å². The summed E-state index contributed by atoms with van der Waals surface area (Å²) in [6.45, 7) is 15.2. The zero-order valence-electron chi connectivity index (χ0n) is 14.9. The molecule has 0 aromatic heterocycles. The van der Waals surface area contributed by atoms with E-state index in [1.807, 2.05) is 6.92 Å². The van der Waals surface area contributed by atoms with Gasteiger partial charge in [0.25, 0.3) is 0 Å². The van der Waals surface area contributed by atoms with Crippen LogP contribution in [0.1, 0.15) is 41.5 Å². The molecular weight excluding hydrogens is 300 g/mol. The van der Waals surface area contributed by atoms with Gasteiger partial charge in [-0.05, 0) is 41.5 Å². The standard InChI is InChI=1S/C15H32N4O2S/c1-7-16-13(17-8-9-18-14(2,3)4)19-10-11-22(20,21)15(5,6)12-19/h18H,7-12H2,1-6H3,(H,16,17). The first-order valence-electron chi connectivity index (χ1n) is 7.99. The van der Waals surface area contributed by atoms with Gasteiger partial charge in [0.05, 0.1) is 17.0 Å². The van der Waals surface area contributed by atoms with E-state index in [2.05, 4.69) is 41.3 Å². The van der Waals surface area contributed by atoms with Crippen molar-refractivity contribution in [3.8, 4) is 0 Å². The number of rotatable bonds is 4. The Kier molecular flexibility index (Phi) is 6.27. The van der Waals surface area contributed by atoms with Crippen LogP contribution in [-0.2, 0) is 9.84 Å². The molecule has 0 bridgehead atoms. The minimum absolute atomic E-state index is 0.0784. The quantitative estimate of drug-likeness (QED) is 0.454. The molecule has 0 radical (unpaired) electrons. The van der Waals surface area contributed by atoms with Gasteiger partial charge in [0.2, 0.25) is 0 Å². The third-order valence-electron chi connectivity index (χ3n) is 3.71. The number of hydrogen-bond acceptors (Lipinski definition) is 4. The second-order valence-electron chi connectivity index (χ2n) is 7.41. The predicted molar refractivity (Wildman–Crippen MR) is 93.2 cm³/mol. The van der Waals surface area contributed by atoms with E-state index in [0.29, 0.717) is 19.6 Å². The van der Waals surface area contributed by atoms with Gasteiger partial charge in [-0.15, -0.1) is 0 Å². The average Bonchev–Trinajstić information content (AvgIpc) is 2.35. The molecular formula is C15H32N4O2S. The number of hydrogen-bond donors (Lipinski definition) is 2. The molecule has 0 aromatic carbocycles. The van der Waals surface area contributed by atoms with Crippen LogP contribution in [0.5, 0.6) is 0 Å². The van der Waals surface area contributed by atoms with Crippen molar-refractivity contribution in [1.29, 1.82) is 0 Å². The Bertz CT molecular complexity index is 492. The van der Waals surface area contributed by atoms with Crippen LogP contribution in [0.25, 0.3) is 0 Å². The molecule has 0 aromatic rings. The fourth-order valence-corrected chi connectivity index (χ4v) is 3.71. The highest BCUT2D eigenvalue weighted by molar-refractivity contribution is 7.92. The van der Waals surface area contributed by atoms with Gasteiger partial charge in [0.1, 0.15) is 0 Å². The van der Waals surface area contributed by atoms with Crippen LogP contribution in [0.15, 0.2) is 4.99 Å². The van der Waals surface area contributed by atoms with Gasteiger partial charge in [0.15, 0.2) is 15.8 Å². The first-order valence-corrected chi connectivity index (χ1v) is 9.64. The number of sulfone groups is 1. The smallest absolute Gasteiger partial charge is 0.194 e. The number of nitrogens with zero attached hydrogens (tertiary/aromatic N) is 2. The molecule has 7 heteroatoms. The second kappa shape index (κ2) is 7.17. The van der Waals surface area contributed by atoms with Crippen molar-refractivity contribution in [2.75, 3.05) is 38.5 Å². The molecule has 22 heavy (non-hydrogen) atoms. The summed E-state index contributed by atoms with van der Waals surface area (Å²) < 4.78 is 23.5. The van der Waals surface area contributed by atoms with Crippen molar-refractivity contribution in [1.82, 2.24) is 15.5 Å². The minimum atomic E-state index is -3.02. The molecule has 2 N–H and O–H groups in total. The fraction of sp³-hybridized carbons (Fsp3) is 0.933. The van der Waals surface area contributed by atoms with Crippen LogP contribution >= 0.6 is 0 Å². The number of aliphatic imine (C=N–C) groups is 1. The summed E-state index contributed by atoms with van der Waals surface area (Å²) in [5, 5.41) is 6.67. The Morgan fingerprint density at radius 3 is 2.45 bits per heavy atom. The fourth-order valence-electron chi connectivity index (χ4n) is 2.34. The molecule has 1 heterocycles. The maximum Gasteiger partial charge on any atom is 0.194 e. The Labute approximate surface area is 135 Å². The van der Waals surface area contributed by atoms with Crippen LogP contribution in [-0.4, -0.2) is 68.0 Å². The highest BCUT2D eigenvalue weighted by Crippen LogP contribution is 2.23. The summed E-state index contributed by atoms with van der Waals surface area (Å²) in [5.74, 6) is 0.992. The molecule has 0 amide bonds. The molecule has 1 rings (SSSR count). The van der Waals surface area contributed by atoms with Gasteiger partial charge in [-0.25, -0.2) is 8.42 Å². The number of guanidine groups is 1. The summed E-state index contributed by atoms with van der Waals surface area (Å²) in [5.41, 5.74) is 0.0784. The van der Waals surface area contributed by atoms with Crippen LogP contribution < -0.4 is 10.6 Å². The van der Waals surface area contributed by atoms with E-state index in [4.69, 9.17) is 0 Å². The van der Waals surface area contributed by atoms with Gasteiger partial charge < -0.3 is 15.5 Å². The largest absolute Gasteiger partial charge is 0.357 e. The van der Waals surface area contributed by atoms with Gasteiger partial charge in [-0.2, -0.15) is 0 Å². The minimum Gasteiger partial charge on any atom is -0.357 e. The lowest BCUT2D eigenvalue weighted by Gasteiger charge is -2.39. The van der Waals surface area contributed by atoms with E-state index in [-0.39, 0.29) is 11.3 Å². The topological polar surface area (TPSA) is 73.8 Å². The summed E-state index contributed by atoms with van der Waals surface area (Å²) in [6, 6.07) is 0. The van der Waals surface area contributed by atoms with Crippen molar-refractivity contribution in [3.63, 3.8) is 0 Å². The van der Waals surface area contributed by atoms with E-state index in [1.165, 1.54) is 0 Å². The highest BCUT2D eigenvalue weighted by Gasteiger charge is 2.40. The zero-order valence-corrected chi connectivity index (χ0v) is 15.7. The van der Waals surface area contributed by atoms with Crippen molar-refractivity contribution in [3.05, 3.63) is 0 Å². The van der Waals surface area contributed by atoms with Crippen molar-refractivity contribution in [2.24, 2.45) is 4.99 Å². The van der Waals surface area contributed by atoms with Gasteiger partial charge in [-0.1, -0.05) is 0 Å². The van der Waals surface area contributed by atoms with Gasteiger partial charge in [-0.3, -0.25) is 4.99 Å². The van der Waals surface area contributed by atoms with E-state index in [9.17, 15) is 8.42 Å². The molecule has 0 aliphatic carbocycles. The maximum atomic E-state index is 12.1. The Morgan fingerprint density at radius 2 is 1.95 bits per heavy atom. The van der Waals surface area contributed by atoms with Gasteiger partial charge >= 0.3 is 0 Å². The van der Waals surface area contributed by atoms with Crippen molar-refractivity contribution in [2.45, 2.75) is 51.8 Å². The average molecular weight is 333 g/mol. The molecule has 0 unspecified atom stereocenters. The monoisotopic (exact) mass is 332 g/mol. The third-order valence-corrected chi connectivity index (χ3v) is 6.24. The molecule has 1 aliphatic rings. The number of nitrogens with one attached hydrogen (secondary N) is 2. The SMILES string of the molecule is CCNC(=NCCNC(C)(C)C)N1CCS(=O)(=O)C(C)(C)C1. The second-order valence-corrected chi connectivity index (χ2v) is 10.2. The first kappa shape index (κ1) is 19.2. The van der Waals surface area contributed by atoms with Crippen LogP contribution in [0, 0.1) is 0 Å². The summed E-state index contributed by atoms with van der Waals surface area (Å²) in [4.78, 5) is 6.68. The Balaban J connectivity index is 2.71. The zero-order chi connectivity index (χ0) is 17.0. The van der Waals surface area contributed by atoms with Gasteiger partial charge in [0, 0.05) is 31.7 Å². The van der Waals surface area contributed by atoms with E-state index in [0.717, 1.165) is 19.0 Å². The molecule has 1 fully saturated rings. The van der Waals surface area contributed by atoms with Crippen LogP contribution in [0.4, 0.5) is 0 Å². The van der Waals surface area contributed by atoms with Crippen molar-refractivity contribution < 1.29 is 8.42 Å². The highest BCUT2D eigenvalue weighted by atomic mass is 32.2. The Hall–Kier alpha value is -0.820. The lowest BCUT2D eigenvalue weighted by atomic mass is 10.1. The lowest BCUT2D eigenvalue weighted by molar-refractivity contribution is 0.352. The van der Waals surface area contributed by atoms with E-state index >= 15 is 0 Å². The molecule has 0 atom stereocenters. The summed E-state index contributed by atoms with van der Waals surface area (Å²) in [7, 11) is -3.02. The normalized spacial score (nSPS) is 21.7. The molecule has 0 spiro atoms.